The molecule has 0 bridgehead atoms. The number of aryl methyl sites for hydroxylation is 2. The molecule has 4 nitrogen and oxygen atoms in total. The Bertz CT molecular complexity index is 1020. The zero-order chi connectivity index (χ0) is 19.8. The molecule has 0 amide bonds. The lowest BCUT2D eigenvalue weighted by molar-refractivity contribution is 0.625. The second kappa shape index (κ2) is 8.67. The van der Waals surface area contributed by atoms with Gasteiger partial charge in [0, 0.05) is 22.7 Å². The number of nitrogens with one attached hydrogen (secondary N) is 1. The Morgan fingerprint density at radius 3 is 2.76 bits per heavy atom. The maximum absolute atomic E-state index is 13.4. The van der Waals surface area contributed by atoms with Crippen LogP contribution in [0.25, 0.3) is 0 Å². The predicted molar refractivity (Wildman–Crippen MR) is 122 cm³/mol. The molecule has 1 aliphatic heterocycles. The standard InChI is InChI=1S/C22H25FN4S.ClH/c1-5-18-14(3)21(27-10-8-16-9-11-28-20(16)15(27)4)26-22(24-18)25-19-7-6-17(23)12-13(19)2;/h6-7,9,11-12,15H,5,8,10H2,1-4H3,(H,24,25,26);1H. The maximum Gasteiger partial charge on any atom is 0.229 e. The Balaban J connectivity index is 0.00000240. The molecule has 2 aromatic heterocycles. The van der Waals surface area contributed by atoms with Gasteiger partial charge in [-0.2, -0.15) is 4.98 Å². The van der Waals surface area contributed by atoms with Gasteiger partial charge in [-0.05, 0) is 74.4 Å². The fourth-order valence-corrected chi connectivity index (χ4v) is 4.93. The number of rotatable bonds is 4. The first-order chi connectivity index (χ1) is 13.5. The summed E-state index contributed by atoms with van der Waals surface area (Å²) in [6.07, 6.45) is 1.87. The van der Waals surface area contributed by atoms with Gasteiger partial charge in [-0.1, -0.05) is 6.92 Å². The van der Waals surface area contributed by atoms with Crippen LogP contribution in [0.1, 0.15) is 47.2 Å². The molecule has 1 atom stereocenters. The van der Waals surface area contributed by atoms with Crippen molar-refractivity contribution in [2.45, 2.75) is 46.6 Å². The quantitative estimate of drug-likeness (QED) is 0.537. The third-order valence-electron chi connectivity index (χ3n) is 5.51. The Kier molecular flexibility index (Phi) is 6.44. The highest BCUT2D eigenvalue weighted by Gasteiger charge is 2.28. The van der Waals surface area contributed by atoms with E-state index >= 15 is 0 Å². The first-order valence-corrected chi connectivity index (χ1v) is 10.6. The summed E-state index contributed by atoms with van der Waals surface area (Å²) in [5.74, 6) is 1.31. The highest BCUT2D eigenvalue weighted by Crippen LogP contribution is 2.38. The van der Waals surface area contributed by atoms with Crippen LogP contribution in [0.2, 0.25) is 0 Å². The van der Waals surface area contributed by atoms with Crippen LogP contribution in [0.15, 0.2) is 29.6 Å². The van der Waals surface area contributed by atoms with Gasteiger partial charge in [0.05, 0.1) is 11.7 Å². The Morgan fingerprint density at radius 1 is 1.24 bits per heavy atom. The fraction of sp³-hybridized carbons (Fsp3) is 0.364. The fourth-order valence-electron chi connectivity index (χ4n) is 3.90. The molecule has 0 saturated heterocycles. The molecule has 1 N–H and O–H groups in total. The monoisotopic (exact) mass is 432 g/mol. The van der Waals surface area contributed by atoms with Crippen LogP contribution < -0.4 is 10.2 Å². The summed E-state index contributed by atoms with van der Waals surface area (Å²) in [7, 11) is 0. The number of aromatic nitrogens is 2. The Hall–Kier alpha value is -2.18. The third-order valence-corrected chi connectivity index (χ3v) is 6.64. The maximum atomic E-state index is 13.4. The van der Waals surface area contributed by atoms with Gasteiger partial charge >= 0.3 is 0 Å². The van der Waals surface area contributed by atoms with Gasteiger partial charge in [0.1, 0.15) is 11.6 Å². The Labute approximate surface area is 181 Å². The van der Waals surface area contributed by atoms with Crippen molar-refractivity contribution in [1.82, 2.24) is 9.97 Å². The van der Waals surface area contributed by atoms with Crippen LogP contribution in [0.4, 0.5) is 21.8 Å². The molecule has 0 saturated carbocycles. The molecule has 0 spiro atoms. The van der Waals surface area contributed by atoms with Crippen LogP contribution in [0.3, 0.4) is 0 Å². The minimum atomic E-state index is -0.239. The SMILES string of the molecule is CCc1nc(Nc2ccc(F)cc2C)nc(N2CCc3ccsc3C2C)c1C.Cl. The van der Waals surface area contributed by atoms with Gasteiger partial charge in [0.25, 0.3) is 0 Å². The molecule has 1 unspecified atom stereocenters. The average Bonchev–Trinajstić information content (AvgIpc) is 3.15. The minimum absolute atomic E-state index is 0. The number of hydrogen-bond acceptors (Lipinski definition) is 5. The van der Waals surface area contributed by atoms with Crippen LogP contribution in [0.5, 0.6) is 0 Å². The average molecular weight is 433 g/mol. The first-order valence-electron chi connectivity index (χ1n) is 9.71. The van der Waals surface area contributed by atoms with E-state index in [9.17, 15) is 4.39 Å². The second-order valence-electron chi connectivity index (χ2n) is 7.31. The topological polar surface area (TPSA) is 41.1 Å². The van der Waals surface area contributed by atoms with Crippen molar-refractivity contribution in [3.63, 3.8) is 0 Å². The molecule has 7 heteroatoms. The van der Waals surface area contributed by atoms with E-state index in [1.165, 1.54) is 22.6 Å². The number of nitrogens with zero attached hydrogens (tertiary/aromatic N) is 3. The molecule has 3 heterocycles. The summed E-state index contributed by atoms with van der Waals surface area (Å²) in [5, 5.41) is 5.48. The predicted octanol–water partition coefficient (Wildman–Crippen LogP) is 6.15. The first kappa shape index (κ1) is 21.5. The number of benzene rings is 1. The van der Waals surface area contributed by atoms with Crippen molar-refractivity contribution >= 4 is 41.2 Å². The van der Waals surface area contributed by atoms with Gasteiger partial charge in [-0.15, -0.1) is 23.7 Å². The summed E-state index contributed by atoms with van der Waals surface area (Å²) in [5.41, 5.74) is 5.28. The van der Waals surface area contributed by atoms with Crippen LogP contribution in [-0.4, -0.2) is 16.5 Å². The van der Waals surface area contributed by atoms with Crippen molar-refractivity contribution in [3.8, 4) is 0 Å². The molecule has 0 aliphatic carbocycles. The molecule has 4 rings (SSSR count). The molecule has 0 radical (unpaired) electrons. The highest BCUT2D eigenvalue weighted by atomic mass is 35.5. The van der Waals surface area contributed by atoms with Gasteiger partial charge in [-0.3, -0.25) is 0 Å². The smallest absolute Gasteiger partial charge is 0.229 e. The molecule has 154 valence electrons. The summed E-state index contributed by atoms with van der Waals surface area (Å²) in [6, 6.07) is 7.24. The van der Waals surface area contributed by atoms with E-state index in [1.807, 2.05) is 18.3 Å². The molecule has 3 aromatic rings. The minimum Gasteiger partial charge on any atom is -0.348 e. The van der Waals surface area contributed by atoms with E-state index in [0.717, 1.165) is 47.7 Å². The molecular formula is C22H26ClFN4S. The summed E-state index contributed by atoms with van der Waals surface area (Å²) >= 11 is 1.82. The van der Waals surface area contributed by atoms with Crippen LogP contribution >= 0.6 is 23.7 Å². The lowest BCUT2D eigenvalue weighted by Crippen LogP contribution is -2.34. The lowest BCUT2D eigenvalue weighted by Gasteiger charge is -2.35. The second-order valence-corrected chi connectivity index (χ2v) is 8.26. The summed E-state index contributed by atoms with van der Waals surface area (Å²) in [6.45, 7) is 9.30. The van der Waals surface area contributed by atoms with Gasteiger partial charge in [0.15, 0.2) is 0 Å². The Morgan fingerprint density at radius 2 is 2.03 bits per heavy atom. The van der Waals surface area contributed by atoms with E-state index in [2.05, 4.69) is 42.4 Å². The van der Waals surface area contributed by atoms with Crippen molar-refractivity contribution in [1.29, 1.82) is 0 Å². The van der Waals surface area contributed by atoms with E-state index in [-0.39, 0.29) is 18.2 Å². The zero-order valence-electron chi connectivity index (χ0n) is 17.1. The van der Waals surface area contributed by atoms with Crippen molar-refractivity contribution in [2.24, 2.45) is 0 Å². The number of halogens is 2. The molecule has 1 aliphatic rings. The highest BCUT2D eigenvalue weighted by molar-refractivity contribution is 7.10. The normalized spacial score (nSPS) is 15.6. The van der Waals surface area contributed by atoms with E-state index in [0.29, 0.717) is 12.0 Å². The lowest BCUT2D eigenvalue weighted by atomic mass is 10.0. The number of thiophene rings is 1. The number of hydrogen-bond donors (Lipinski definition) is 1. The van der Waals surface area contributed by atoms with Crippen molar-refractivity contribution in [2.75, 3.05) is 16.8 Å². The zero-order valence-corrected chi connectivity index (χ0v) is 18.8. The van der Waals surface area contributed by atoms with Gasteiger partial charge in [0.2, 0.25) is 5.95 Å². The molecular weight excluding hydrogens is 407 g/mol. The molecule has 1 aromatic carbocycles. The van der Waals surface area contributed by atoms with Crippen molar-refractivity contribution in [3.05, 3.63) is 62.7 Å². The molecule has 0 fully saturated rings. The van der Waals surface area contributed by atoms with E-state index < -0.39 is 0 Å². The largest absolute Gasteiger partial charge is 0.348 e. The molecule has 29 heavy (non-hydrogen) atoms. The summed E-state index contributed by atoms with van der Waals surface area (Å²) < 4.78 is 13.4. The van der Waals surface area contributed by atoms with Crippen LogP contribution in [-0.2, 0) is 12.8 Å². The van der Waals surface area contributed by atoms with Gasteiger partial charge in [-0.25, -0.2) is 9.37 Å². The van der Waals surface area contributed by atoms with E-state index in [1.54, 1.807) is 6.07 Å². The van der Waals surface area contributed by atoms with Crippen molar-refractivity contribution < 1.29 is 4.39 Å². The number of fused-ring (bicyclic) bond motifs is 1. The van der Waals surface area contributed by atoms with Crippen LogP contribution in [0, 0.1) is 19.7 Å². The van der Waals surface area contributed by atoms with E-state index in [4.69, 9.17) is 9.97 Å². The number of anilines is 3. The third kappa shape index (κ3) is 4.09. The summed E-state index contributed by atoms with van der Waals surface area (Å²) in [4.78, 5) is 13.4. The van der Waals surface area contributed by atoms with Gasteiger partial charge < -0.3 is 10.2 Å².